The summed E-state index contributed by atoms with van der Waals surface area (Å²) in [5, 5.41) is 6.34. The highest BCUT2D eigenvalue weighted by Crippen LogP contribution is 2.38. The number of aromatic nitrogens is 4. The van der Waals surface area contributed by atoms with E-state index in [1.807, 2.05) is 29.8 Å². The Morgan fingerprint density at radius 2 is 1.92 bits per heavy atom. The van der Waals surface area contributed by atoms with Gasteiger partial charge in [0.2, 0.25) is 5.91 Å². The fraction of sp³-hybridized carbons (Fsp3) is 0.343. The van der Waals surface area contributed by atoms with Gasteiger partial charge in [0.1, 0.15) is 23.1 Å². The van der Waals surface area contributed by atoms with Crippen LogP contribution < -0.4 is 21.1 Å². The average molecular weight is 651 g/mol. The molecule has 0 unspecified atom stereocenters. The first kappa shape index (κ1) is 30.1. The van der Waals surface area contributed by atoms with Crippen LogP contribution in [-0.4, -0.2) is 80.7 Å². The van der Waals surface area contributed by atoms with Crippen molar-refractivity contribution in [3.63, 3.8) is 0 Å². The van der Waals surface area contributed by atoms with Gasteiger partial charge in [-0.3, -0.25) is 14.4 Å². The predicted molar refractivity (Wildman–Crippen MR) is 179 cm³/mol. The van der Waals surface area contributed by atoms with E-state index in [4.69, 9.17) is 20.4 Å². The standard InChI is InChI=1S/C35H35FN8O4/c1-42-31-27(10-21(12-29(31)48-2)35(47)43-16-22(36)13-23(37)17-43)41-33(42)28-11-20-6-7-25(40-32(20)44(28)15-18-3-4-18)19-5-8-26-24(9-19)34(46)38-14-30(45)39-26/h5-12,18,22-23H,3-4,13-17,37H2,1-2H3,(H,38,46)(H,39,45)/t22-,23-/m1/s1. The number of nitrogens with two attached hydrogens (primary N) is 1. The number of hydrogen-bond donors (Lipinski definition) is 3. The molecule has 246 valence electrons. The number of ether oxygens (including phenoxy) is 1. The first-order chi connectivity index (χ1) is 23.2. The third-order valence-electron chi connectivity index (χ3n) is 9.47. The van der Waals surface area contributed by atoms with Gasteiger partial charge in [-0.2, -0.15) is 0 Å². The zero-order valence-corrected chi connectivity index (χ0v) is 26.6. The number of benzene rings is 2. The number of imidazole rings is 1. The van der Waals surface area contributed by atoms with E-state index < -0.39 is 12.2 Å². The van der Waals surface area contributed by atoms with E-state index in [-0.39, 0.29) is 37.2 Å². The number of nitrogens with zero attached hydrogens (tertiary/aromatic N) is 5. The van der Waals surface area contributed by atoms with E-state index in [1.165, 1.54) is 4.90 Å². The summed E-state index contributed by atoms with van der Waals surface area (Å²) in [4.78, 5) is 49.8. The largest absolute Gasteiger partial charge is 0.494 e. The number of aryl methyl sites for hydroxylation is 1. The Hall–Kier alpha value is -5.30. The maximum atomic E-state index is 14.3. The van der Waals surface area contributed by atoms with Crippen LogP contribution in [0.4, 0.5) is 10.1 Å². The lowest BCUT2D eigenvalue weighted by atomic mass is 10.0. The quantitative estimate of drug-likeness (QED) is 0.253. The Balaban J connectivity index is 1.22. The number of nitrogens with one attached hydrogen (secondary N) is 2. The second kappa shape index (κ2) is 11.4. The Morgan fingerprint density at radius 3 is 2.69 bits per heavy atom. The molecule has 2 aromatic carbocycles. The Bertz CT molecular complexity index is 2140. The number of carbonyl (C=O) groups is 3. The van der Waals surface area contributed by atoms with Crippen LogP contribution in [0.1, 0.15) is 40.0 Å². The fourth-order valence-corrected chi connectivity index (χ4v) is 6.91. The molecule has 0 bridgehead atoms. The first-order valence-electron chi connectivity index (χ1n) is 16.1. The first-order valence-corrected chi connectivity index (χ1v) is 16.1. The van der Waals surface area contributed by atoms with E-state index in [0.717, 1.165) is 47.2 Å². The number of amides is 3. The summed E-state index contributed by atoms with van der Waals surface area (Å²) in [6.45, 7) is 0.977. The van der Waals surface area contributed by atoms with Crippen molar-refractivity contribution in [1.29, 1.82) is 0 Å². The van der Waals surface area contributed by atoms with Crippen LogP contribution >= 0.6 is 0 Å². The number of fused-ring (bicyclic) bond motifs is 3. The Labute approximate surface area is 275 Å². The van der Waals surface area contributed by atoms with Gasteiger partial charge in [0.05, 0.1) is 48.4 Å². The van der Waals surface area contributed by atoms with Crippen LogP contribution in [0.15, 0.2) is 48.5 Å². The second-order valence-corrected chi connectivity index (χ2v) is 13.0. The van der Waals surface area contributed by atoms with Crippen molar-refractivity contribution in [1.82, 2.24) is 29.3 Å². The zero-order chi connectivity index (χ0) is 33.3. The van der Waals surface area contributed by atoms with Crippen molar-refractivity contribution in [2.24, 2.45) is 18.7 Å². The van der Waals surface area contributed by atoms with E-state index in [2.05, 4.69) is 21.3 Å². The SMILES string of the molecule is COc1cc(C(=O)N2C[C@H](N)C[C@@H](F)C2)cc2nc(-c3cc4ccc(-c5ccc6c(c5)C(=O)NCC(=O)N6)nc4n3CC3CC3)n(C)c12. The van der Waals surface area contributed by atoms with Gasteiger partial charge in [0, 0.05) is 42.7 Å². The van der Waals surface area contributed by atoms with E-state index in [0.29, 0.717) is 52.1 Å². The molecule has 12 nitrogen and oxygen atoms in total. The number of alkyl halides is 1. The molecular weight excluding hydrogens is 615 g/mol. The summed E-state index contributed by atoms with van der Waals surface area (Å²) in [6, 6.07) is 14.4. The number of carbonyl (C=O) groups excluding carboxylic acids is 3. The number of anilines is 1. The minimum absolute atomic E-state index is 0.00578. The van der Waals surface area contributed by atoms with Gasteiger partial charge in [-0.25, -0.2) is 14.4 Å². The highest BCUT2D eigenvalue weighted by atomic mass is 19.1. The number of hydrogen-bond acceptors (Lipinski definition) is 7. The molecule has 3 aromatic heterocycles. The van der Waals surface area contributed by atoms with Crippen LogP contribution in [0.2, 0.25) is 0 Å². The number of rotatable bonds is 6. The van der Waals surface area contributed by atoms with Crippen LogP contribution in [0.3, 0.4) is 0 Å². The summed E-state index contributed by atoms with van der Waals surface area (Å²) in [5.74, 6) is 0.798. The number of likely N-dealkylation sites (tertiary alicyclic amines) is 1. The molecule has 3 aliphatic rings. The van der Waals surface area contributed by atoms with Crippen LogP contribution in [0.5, 0.6) is 5.75 Å². The lowest BCUT2D eigenvalue weighted by molar-refractivity contribution is -0.115. The van der Waals surface area contributed by atoms with Crippen LogP contribution in [-0.2, 0) is 18.4 Å². The molecule has 2 aliphatic heterocycles. The smallest absolute Gasteiger partial charge is 0.254 e. The monoisotopic (exact) mass is 650 g/mol. The number of methoxy groups -OCH3 is 1. The zero-order valence-electron chi connectivity index (χ0n) is 26.6. The summed E-state index contributed by atoms with van der Waals surface area (Å²) in [6.07, 6.45) is 1.34. The molecule has 3 amide bonds. The lowest BCUT2D eigenvalue weighted by Gasteiger charge is -2.33. The van der Waals surface area contributed by atoms with Crippen molar-refractivity contribution >= 4 is 45.5 Å². The molecule has 1 saturated heterocycles. The number of pyridine rings is 1. The van der Waals surface area contributed by atoms with Gasteiger partial charge in [-0.05, 0) is 67.6 Å². The van der Waals surface area contributed by atoms with Gasteiger partial charge < -0.3 is 35.1 Å². The lowest BCUT2D eigenvalue weighted by Crippen LogP contribution is -2.50. The summed E-state index contributed by atoms with van der Waals surface area (Å²) >= 11 is 0. The third kappa shape index (κ3) is 5.23. The van der Waals surface area contributed by atoms with Crippen molar-refractivity contribution in [3.8, 4) is 28.5 Å². The second-order valence-electron chi connectivity index (χ2n) is 13.0. The molecular formula is C35H35FN8O4. The molecule has 0 spiro atoms. The highest BCUT2D eigenvalue weighted by molar-refractivity contribution is 6.09. The van der Waals surface area contributed by atoms with Gasteiger partial charge in [-0.1, -0.05) is 6.07 Å². The average Bonchev–Trinajstić information content (AvgIpc) is 3.77. The van der Waals surface area contributed by atoms with Crippen molar-refractivity contribution in [3.05, 3.63) is 59.7 Å². The number of piperidine rings is 1. The Morgan fingerprint density at radius 1 is 1.08 bits per heavy atom. The Kier molecular flexibility index (Phi) is 7.17. The fourth-order valence-electron chi connectivity index (χ4n) is 6.91. The third-order valence-corrected chi connectivity index (χ3v) is 9.47. The van der Waals surface area contributed by atoms with Gasteiger partial charge >= 0.3 is 0 Å². The predicted octanol–water partition coefficient (Wildman–Crippen LogP) is 3.87. The van der Waals surface area contributed by atoms with Gasteiger partial charge in [0.25, 0.3) is 11.8 Å². The molecule has 5 aromatic rings. The minimum Gasteiger partial charge on any atom is -0.494 e. The minimum atomic E-state index is -1.16. The summed E-state index contributed by atoms with van der Waals surface area (Å²) in [5.41, 5.74) is 11.7. The molecule has 4 N–H and O–H groups in total. The molecule has 48 heavy (non-hydrogen) atoms. The van der Waals surface area contributed by atoms with Crippen molar-refractivity contribution < 1.29 is 23.5 Å². The molecule has 5 heterocycles. The maximum Gasteiger partial charge on any atom is 0.254 e. The van der Waals surface area contributed by atoms with Gasteiger partial charge in [-0.15, -0.1) is 0 Å². The topological polar surface area (TPSA) is 149 Å². The summed E-state index contributed by atoms with van der Waals surface area (Å²) in [7, 11) is 3.48. The van der Waals surface area contributed by atoms with Gasteiger partial charge in [0.15, 0.2) is 5.82 Å². The molecule has 1 aliphatic carbocycles. The molecule has 0 radical (unpaired) electrons. The van der Waals surface area contributed by atoms with Crippen LogP contribution in [0, 0.1) is 5.92 Å². The molecule has 8 rings (SSSR count). The number of halogens is 1. The van der Waals surface area contributed by atoms with Crippen LogP contribution in [0.25, 0.3) is 44.8 Å². The molecule has 1 saturated carbocycles. The summed E-state index contributed by atoms with van der Waals surface area (Å²) < 4.78 is 24.2. The van der Waals surface area contributed by atoms with E-state index in [1.54, 1.807) is 31.4 Å². The van der Waals surface area contributed by atoms with Crippen molar-refractivity contribution in [2.75, 3.05) is 32.1 Å². The molecule has 13 heteroatoms. The highest BCUT2D eigenvalue weighted by Gasteiger charge is 2.31. The molecule has 2 atom stereocenters. The van der Waals surface area contributed by atoms with E-state index >= 15 is 0 Å². The normalized spacial score (nSPS) is 19.6. The van der Waals surface area contributed by atoms with E-state index in [9.17, 15) is 18.8 Å². The van der Waals surface area contributed by atoms with Crippen molar-refractivity contribution in [2.45, 2.75) is 38.0 Å². The maximum absolute atomic E-state index is 14.3. The molecule has 2 fully saturated rings.